The van der Waals surface area contributed by atoms with E-state index < -0.39 is 0 Å². The molecule has 1 aromatic heterocycles. The molecule has 8 heteroatoms. The molecule has 0 aliphatic heterocycles. The van der Waals surface area contributed by atoms with Gasteiger partial charge in [0.1, 0.15) is 11.6 Å². The van der Waals surface area contributed by atoms with E-state index in [1.807, 2.05) is 42.8 Å². The second-order valence-corrected chi connectivity index (χ2v) is 8.79. The molecular formula is C26H37IN6O. The molecule has 0 amide bonds. The van der Waals surface area contributed by atoms with Gasteiger partial charge in [-0.1, -0.05) is 50.2 Å². The topological polar surface area (TPSA) is 76.4 Å². The van der Waals surface area contributed by atoms with Crippen molar-refractivity contribution in [1.82, 2.24) is 25.4 Å². The summed E-state index contributed by atoms with van der Waals surface area (Å²) < 4.78 is 7.23. The number of halogens is 1. The molecule has 7 nitrogen and oxygen atoms in total. The van der Waals surface area contributed by atoms with Gasteiger partial charge in [-0.2, -0.15) is 0 Å². The number of guanidine groups is 1. The van der Waals surface area contributed by atoms with E-state index in [-0.39, 0.29) is 30.0 Å². The molecule has 0 bridgehead atoms. The van der Waals surface area contributed by atoms with Gasteiger partial charge in [-0.25, -0.2) is 4.99 Å². The number of ether oxygens (including phenoxy) is 1. The fraction of sp³-hybridized carbons (Fsp3) is 0.423. The predicted molar refractivity (Wildman–Crippen MR) is 149 cm³/mol. The maximum Gasteiger partial charge on any atom is 0.192 e. The van der Waals surface area contributed by atoms with E-state index in [1.165, 1.54) is 11.1 Å². The van der Waals surface area contributed by atoms with E-state index in [1.54, 1.807) is 7.11 Å². The monoisotopic (exact) mass is 576 g/mol. The highest BCUT2D eigenvalue weighted by Gasteiger charge is 2.11. The number of hydrogen-bond acceptors (Lipinski definition) is 4. The number of hydrogen-bond donors (Lipinski definition) is 2. The van der Waals surface area contributed by atoms with Crippen LogP contribution in [0, 0.1) is 12.8 Å². The lowest BCUT2D eigenvalue weighted by molar-refractivity contribution is 0.414. The zero-order valence-corrected chi connectivity index (χ0v) is 23.3. The lowest BCUT2D eigenvalue weighted by Crippen LogP contribution is -2.39. The van der Waals surface area contributed by atoms with Gasteiger partial charge in [0.25, 0.3) is 0 Å². The maximum absolute atomic E-state index is 5.25. The Balaban J connectivity index is 0.00000408. The van der Waals surface area contributed by atoms with Gasteiger partial charge in [0.2, 0.25) is 0 Å². The van der Waals surface area contributed by atoms with Crippen molar-refractivity contribution in [3.63, 3.8) is 0 Å². The maximum atomic E-state index is 5.25. The van der Waals surface area contributed by atoms with Crippen molar-refractivity contribution in [3.05, 3.63) is 76.9 Å². The third-order valence-corrected chi connectivity index (χ3v) is 5.65. The second-order valence-electron chi connectivity index (χ2n) is 8.79. The molecule has 0 radical (unpaired) electrons. The van der Waals surface area contributed by atoms with Crippen LogP contribution < -0.4 is 15.4 Å². The zero-order valence-electron chi connectivity index (χ0n) is 21.0. The number of aryl methyl sites for hydroxylation is 1. The number of methoxy groups -OCH3 is 1. The minimum Gasteiger partial charge on any atom is -0.497 e. The number of nitrogens with one attached hydrogen (secondary N) is 2. The van der Waals surface area contributed by atoms with Crippen molar-refractivity contribution in [2.45, 2.75) is 53.2 Å². The summed E-state index contributed by atoms with van der Waals surface area (Å²) in [6, 6.07) is 16.9. The molecule has 1 heterocycles. The van der Waals surface area contributed by atoms with Crippen molar-refractivity contribution in [3.8, 4) is 5.75 Å². The number of nitrogens with zero attached hydrogens (tertiary/aromatic N) is 4. The number of benzene rings is 2. The fourth-order valence-electron chi connectivity index (χ4n) is 3.52. The average Bonchev–Trinajstić information content (AvgIpc) is 3.13. The summed E-state index contributed by atoms with van der Waals surface area (Å²) in [5, 5.41) is 15.3. The Morgan fingerprint density at radius 1 is 1.00 bits per heavy atom. The Morgan fingerprint density at radius 2 is 1.65 bits per heavy atom. The van der Waals surface area contributed by atoms with E-state index in [4.69, 9.17) is 9.73 Å². The summed E-state index contributed by atoms with van der Waals surface area (Å²) in [6.45, 7) is 9.66. The summed E-state index contributed by atoms with van der Waals surface area (Å²) in [7, 11) is 3.64. The first-order valence-electron chi connectivity index (χ1n) is 11.5. The lowest BCUT2D eigenvalue weighted by Gasteiger charge is -2.19. The smallest absolute Gasteiger partial charge is 0.192 e. The minimum atomic E-state index is 0. The molecule has 0 aliphatic rings. The van der Waals surface area contributed by atoms with Crippen LogP contribution in [0.3, 0.4) is 0 Å². The second kappa shape index (κ2) is 13.3. The fourth-order valence-corrected chi connectivity index (χ4v) is 3.52. The molecule has 0 saturated heterocycles. The number of aromatic nitrogens is 3. The quantitative estimate of drug-likeness (QED) is 0.214. The van der Waals surface area contributed by atoms with Crippen molar-refractivity contribution < 1.29 is 4.74 Å². The minimum absolute atomic E-state index is 0. The van der Waals surface area contributed by atoms with Crippen LogP contribution in [-0.2, 0) is 26.6 Å². The van der Waals surface area contributed by atoms with Crippen LogP contribution in [0.4, 0.5) is 0 Å². The number of rotatable bonds is 9. The first kappa shape index (κ1) is 27.6. The molecule has 2 N–H and O–H groups in total. The van der Waals surface area contributed by atoms with Crippen molar-refractivity contribution in [2.75, 3.05) is 7.11 Å². The molecule has 1 atom stereocenters. The summed E-state index contributed by atoms with van der Waals surface area (Å²) in [4.78, 5) is 4.82. The molecule has 0 spiro atoms. The van der Waals surface area contributed by atoms with Gasteiger partial charge in [-0.05, 0) is 55.0 Å². The molecule has 0 aliphatic carbocycles. The van der Waals surface area contributed by atoms with Crippen molar-refractivity contribution in [2.24, 2.45) is 18.0 Å². The SMILES string of the molecule is COc1ccc(CN=C(NCc2nnc(C)n2C)NC(C)c2ccc(CC(C)C)cc2)cc1.I. The van der Waals surface area contributed by atoms with Crippen LogP contribution in [0.2, 0.25) is 0 Å². The molecule has 0 saturated carbocycles. The van der Waals surface area contributed by atoms with Gasteiger partial charge in [0, 0.05) is 7.05 Å². The summed E-state index contributed by atoms with van der Waals surface area (Å²) in [6.07, 6.45) is 1.09. The number of aliphatic imine (C=N–C) groups is 1. The highest BCUT2D eigenvalue weighted by atomic mass is 127. The highest BCUT2D eigenvalue weighted by molar-refractivity contribution is 14.0. The Hall–Kier alpha value is -2.62. The molecule has 184 valence electrons. The highest BCUT2D eigenvalue weighted by Crippen LogP contribution is 2.16. The van der Waals surface area contributed by atoms with E-state index in [9.17, 15) is 0 Å². The van der Waals surface area contributed by atoms with Gasteiger partial charge in [-0.15, -0.1) is 34.2 Å². The van der Waals surface area contributed by atoms with Crippen molar-refractivity contribution >= 4 is 29.9 Å². The molecule has 1 unspecified atom stereocenters. The Labute approximate surface area is 220 Å². The average molecular weight is 577 g/mol. The van der Waals surface area contributed by atoms with Crippen LogP contribution in [0.25, 0.3) is 0 Å². The third-order valence-electron chi connectivity index (χ3n) is 5.65. The predicted octanol–water partition coefficient (Wildman–Crippen LogP) is 4.95. The third kappa shape index (κ3) is 8.00. The Morgan fingerprint density at radius 3 is 2.21 bits per heavy atom. The standard InChI is InChI=1S/C26H36N6O.HI/c1-18(2)15-21-7-11-23(12-8-21)19(3)29-26(28-17-25-31-30-20(4)32(25)5)27-16-22-9-13-24(33-6)14-10-22;/h7-14,18-19H,15-17H2,1-6H3,(H2,27,28,29);1H. The molecule has 3 rings (SSSR count). The lowest BCUT2D eigenvalue weighted by atomic mass is 10.00. The largest absolute Gasteiger partial charge is 0.497 e. The van der Waals surface area contributed by atoms with Crippen LogP contribution in [0.15, 0.2) is 53.5 Å². The Bertz CT molecular complexity index is 1040. The summed E-state index contributed by atoms with van der Waals surface area (Å²) >= 11 is 0. The molecule has 0 fully saturated rings. The van der Waals surface area contributed by atoms with Gasteiger partial charge in [-0.3, -0.25) is 0 Å². The first-order chi connectivity index (χ1) is 15.9. The van der Waals surface area contributed by atoms with Crippen LogP contribution >= 0.6 is 24.0 Å². The van der Waals surface area contributed by atoms with Gasteiger partial charge < -0.3 is 19.9 Å². The molecule has 34 heavy (non-hydrogen) atoms. The Kier molecular flexibility index (Phi) is 10.8. The van der Waals surface area contributed by atoms with E-state index in [0.29, 0.717) is 19.0 Å². The van der Waals surface area contributed by atoms with E-state index >= 15 is 0 Å². The van der Waals surface area contributed by atoms with Gasteiger partial charge >= 0.3 is 0 Å². The van der Waals surface area contributed by atoms with Gasteiger partial charge in [0.05, 0.1) is 26.2 Å². The molecular weight excluding hydrogens is 539 g/mol. The van der Waals surface area contributed by atoms with Crippen LogP contribution in [0.5, 0.6) is 5.75 Å². The first-order valence-corrected chi connectivity index (χ1v) is 11.5. The van der Waals surface area contributed by atoms with E-state index in [0.717, 1.165) is 35.3 Å². The van der Waals surface area contributed by atoms with Crippen LogP contribution in [-0.4, -0.2) is 27.8 Å². The summed E-state index contributed by atoms with van der Waals surface area (Å²) in [5.41, 5.74) is 3.69. The summed E-state index contributed by atoms with van der Waals surface area (Å²) in [5.74, 6) is 3.96. The van der Waals surface area contributed by atoms with Crippen molar-refractivity contribution in [1.29, 1.82) is 0 Å². The molecule has 3 aromatic rings. The normalized spacial score (nSPS) is 12.3. The zero-order chi connectivity index (χ0) is 23.8. The van der Waals surface area contributed by atoms with Crippen LogP contribution in [0.1, 0.15) is 55.2 Å². The van der Waals surface area contributed by atoms with E-state index in [2.05, 4.69) is 65.9 Å². The molecule has 2 aromatic carbocycles. The van der Waals surface area contributed by atoms with Gasteiger partial charge in [0.15, 0.2) is 11.8 Å².